The van der Waals surface area contributed by atoms with Crippen LogP contribution in [0.1, 0.15) is 41.4 Å². The summed E-state index contributed by atoms with van der Waals surface area (Å²) in [6, 6.07) is 10.4. The van der Waals surface area contributed by atoms with Crippen LogP contribution in [0.25, 0.3) is 5.65 Å². The lowest BCUT2D eigenvalue weighted by molar-refractivity contribution is 0.0601. The number of hydrogen-bond donors (Lipinski definition) is 1. The minimum atomic E-state index is -0.392. The Balaban J connectivity index is 1.97. The molecule has 0 radical (unpaired) electrons. The number of fused-ring (bicyclic) bond motifs is 1. The number of hydrogen-bond acceptors (Lipinski definition) is 6. The number of carbonyl (C=O) groups is 1. The van der Waals surface area contributed by atoms with Gasteiger partial charge in [0.1, 0.15) is 5.65 Å². The van der Waals surface area contributed by atoms with Gasteiger partial charge in [-0.25, -0.2) is 9.78 Å². The summed E-state index contributed by atoms with van der Waals surface area (Å²) in [5.41, 5.74) is 3.42. The molecule has 0 aliphatic heterocycles. The van der Waals surface area contributed by atoms with E-state index in [1.54, 1.807) is 24.3 Å². The molecule has 0 amide bonds. The van der Waals surface area contributed by atoms with Crippen molar-refractivity contribution in [3.8, 4) is 0 Å². The maximum Gasteiger partial charge on any atom is 0.337 e. The van der Waals surface area contributed by atoms with Crippen molar-refractivity contribution in [1.82, 2.24) is 9.38 Å². The molecule has 1 N–H and O–H groups in total. The molecular formula is C19H20N4O3. The highest BCUT2D eigenvalue weighted by Gasteiger charge is 2.15. The molecule has 7 nitrogen and oxygen atoms in total. The number of aliphatic hydroxyl groups excluding tert-OH is 1. The maximum atomic E-state index is 11.5. The minimum Gasteiger partial charge on any atom is -0.465 e. The highest BCUT2D eigenvalue weighted by atomic mass is 16.5. The van der Waals surface area contributed by atoms with Gasteiger partial charge in [-0.05, 0) is 47.9 Å². The molecular weight excluding hydrogens is 332 g/mol. The van der Waals surface area contributed by atoms with E-state index in [2.05, 4.69) is 19.9 Å². The Morgan fingerprint density at radius 2 is 1.96 bits per heavy atom. The number of imidazole rings is 1. The van der Waals surface area contributed by atoms with E-state index in [0.29, 0.717) is 17.1 Å². The number of aromatic nitrogens is 2. The van der Waals surface area contributed by atoms with Gasteiger partial charge in [0.2, 0.25) is 0 Å². The second-order valence-corrected chi connectivity index (χ2v) is 6.14. The van der Waals surface area contributed by atoms with E-state index >= 15 is 0 Å². The first kappa shape index (κ1) is 17.8. The molecule has 1 aromatic carbocycles. The Morgan fingerprint density at radius 3 is 2.58 bits per heavy atom. The van der Waals surface area contributed by atoms with E-state index in [1.165, 1.54) is 7.11 Å². The van der Waals surface area contributed by atoms with Gasteiger partial charge < -0.3 is 9.84 Å². The number of ether oxygens (including phenoxy) is 1. The molecule has 0 aliphatic carbocycles. The average Bonchev–Trinajstić information content (AvgIpc) is 3.04. The third-order valence-corrected chi connectivity index (χ3v) is 3.97. The summed E-state index contributed by atoms with van der Waals surface area (Å²) in [4.78, 5) is 16.1. The van der Waals surface area contributed by atoms with Crippen LogP contribution in [-0.2, 0) is 11.3 Å². The highest BCUT2D eigenvalue weighted by molar-refractivity contribution is 5.89. The molecule has 0 unspecified atom stereocenters. The first-order chi connectivity index (χ1) is 12.5. The van der Waals surface area contributed by atoms with E-state index in [0.717, 1.165) is 16.9 Å². The number of carbonyl (C=O) groups excluding carboxylic acids is 1. The predicted octanol–water partition coefficient (Wildman–Crippen LogP) is 4.15. The van der Waals surface area contributed by atoms with Crippen molar-refractivity contribution in [1.29, 1.82) is 0 Å². The zero-order valence-corrected chi connectivity index (χ0v) is 14.9. The predicted molar refractivity (Wildman–Crippen MR) is 97.2 cm³/mol. The monoisotopic (exact) mass is 352 g/mol. The van der Waals surface area contributed by atoms with Gasteiger partial charge in [-0.3, -0.25) is 4.40 Å². The molecule has 0 spiro atoms. The van der Waals surface area contributed by atoms with E-state index in [-0.39, 0.29) is 12.5 Å². The molecule has 0 fully saturated rings. The van der Waals surface area contributed by atoms with Gasteiger partial charge in [0.25, 0.3) is 0 Å². The standard InChI is InChI=1S/C19H20N4O3/c1-12(2)17-18(23-9-8-13(11-24)10-16(23)20-17)22-21-15-6-4-14(5-7-15)19(25)26-3/h4-10,12,24H,11H2,1-3H3. The summed E-state index contributed by atoms with van der Waals surface area (Å²) in [6.45, 7) is 4.04. The summed E-state index contributed by atoms with van der Waals surface area (Å²) in [7, 11) is 1.34. The van der Waals surface area contributed by atoms with Crippen LogP contribution in [0.2, 0.25) is 0 Å². The number of esters is 1. The first-order valence-electron chi connectivity index (χ1n) is 8.25. The fourth-order valence-electron chi connectivity index (χ4n) is 2.56. The summed E-state index contributed by atoms with van der Waals surface area (Å²) < 4.78 is 6.53. The molecule has 26 heavy (non-hydrogen) atoms. The Bertz CT molecular complexity index is 959. The molecule has 0 saturated heterocycles. The molecule has 3 rings (SSSR count). The second kappa shape index (κ2) is 7.45. The maximum absolute atomic E-state index is 11.5. The van der Waals surface area contributed by atoms with Crippen molar-refractivity contribution in [2.24, 2.45) is 10.2 Å². The Morgan fingerprint density at radius 1 is 1.23 bits per heavy atom. The first-order valence-corrected chi connectivity index (χ1v) is 8.25. The van der Waals surface area contributed by atoms with Crippen LogP contribution in [0, 0.1) is 0 Å². The van der Waals surface area contributed by atoms with Crippen molar-refractivity contribution in [2.75, 3.05) is 7.11 Å². The normalized spacial score (nSPS) is 11.6. The summed E-state index contributed by atoms with van der Waals surface area (Å²) in [5, 5.41) is 18.0. The minimum absolute atomic E-state index is 0.0379. The van der Waals surface area contributed by atoms with Gasteiger partial charge in [-0.1, -0.05) is 13.8 Å². The second-order valence-electron chi connectivity index (χ2n) is 6.14. The van der Waals surface area contributed by atoms with Gasteiger partial charge in [0.15, 0.2) is 5.82 Å². The van der Waals surface area contributed by atoms with Crippen LogP contribution in [0.4, 0.5) is 11.5 Å². The Labute approximate surface area is 151 Å². The lowest BCUT2D eigenvalue weighted by Gasteiger charge is -2.02. The zero-order valence-electron chi connectivity index (χ0n) is 14.9. The van der Waals surface area contributed by atoms with Gasteiger partial charge in [0, 0.05) is 6.20 Å². The van der Waals surface area contributed by atoms with Crippen molar-refractivity contribution in [3.63, 3.8) is 0 Å². The Kier molecular flexibility index (Phi) is 5.09. The number of rotatable bonds is 5. The van der Waals surface area contributed by atoms with E-state index in [9.17, 15) is 9.90 Å². The fraction of sp³-hybridized carbons (Fsp3) is 0.263. The molecule has 2 heterocycles. The third kappa shape index (κ3) is 3.48. The molecule has 3 aromatic rings. The number of aliphatic hydroxyl groups is 1. The van der Waals surface area contributed by atoms with Crippen LogP contribution in [0.3, 0.4) is 0 Å². The van der Waals surface area contributed by atoms with Crippen molar-refractivity contribution in [2.45, 2.75) is 26.4 Å². The lowest BCUT2D eigenvalue weighted by atomic mass is 10.1. The number of nitrogens with zero attached hydrogens (tertiary/aromatic N) is 4. The van der Waals surface area contributed by atoms with Crippen LogP contribution in [0.5, 0.6) is 0 Å². The highest BCUT2D eigenvalue weighted by Crippen LogP contribution is 2.29. The fourth-order valence-corrected chi connectivity index (χ4v) is 2.56. The molecule has 0 saturated carbocycles. The van der Waals surface area contributed by atoms with Crippen LogP contribution < -0.4 is 0 Å². The van der Waals surface area contributed by atoms with Crippen LogP contribution in [-0.4, -0.2) is 27.6 Å². The number of benzene rings is 1. The molecule has 0 bridgehead atoms. The SMILES string of the molecule is COC(=O)c1ccc(N=Nc2c(C(C)C)nc3cc(CO)ccn23)cc1. The molecule has 7 heteroatoms. The summed E-state index contributed by atoms with van der Waals surface area (Å²) in [5.74, 6) is 0.428. The number of azo groups is 1. The van der Waals surface area contributed by atoms with Crippen molar-refractivity contribution < 1.29 is 14.6 Å². The van der Waals surface area contributed by atoms with Gasteiger partial charge >= 0.3 is 5.97 Å². The topological polar surface area (TPSA) is 88.5 Å². The number of methoxy groups -OCH3 is 1. The summed E-state index contributed by atoms with van der Waals surface area (Å²) >= 11 is 0. The molecule has 134 valence electrons. The van der Waals surface area contributed by atoms with E-state index < -0.39 is 5.97 Å². The Hall–Kier alpha value is -3.06. The van der Waals surface area contributed by atoms with Crippen LogP contribution in [0.15, 0.2) is 52.8 Å². The lowest BCUT2D eigenvalue weighted by Crippen LogP contribution is -1.99. The quantitative estimate of drug-likeness (QED) is 0.552. The number of pyridine rings is 1. The van der Waals surface area contributed by atoms with E-state index in [4.69, 9.17) is 0 Å². The smallest absolute Gasteiger partial charge is 0.337 e. The van der Waals surface area contributed by atoms with Crippen molar-refractivity contribution in [3.05, 3.63) is 59.4 Å². The molecule has 0 atom stereocenters. The summed E-state index contributed by atoms with van der Waals surface area (Å²) in [6.07, 6.45) is 1.83. The third-order valence-electron chi connectivity index (χ3n) is 3.97. The van der Waals surface area contributed by atoms with E-state index in [1.807, 2.05) is 36.6 Å². The van der Waals surface area contributed by atoms with Gasteiger partial charge in [-0.2, -0.15) is 0 Å². The largest absolute Gasteiger partial charge is 0.465 e. The molecule has 2 aromatic heterocycles. The molecule has 0 aliphatic rings. The van der Waals surface area contributed by atoms with Gasteiger partial charge in [0.05, 0.1) is 30.7 Å². The van der Waals surface area contributed by atoms with Gasteiger partial charge in [-0.15, -0.1) is 10.2 Å². The van der Waals surface area contributed by atoms with Crippen molar-refractivity contribution >= 4 is 23.1 Å². The van der Waals surface area contributed by atoms with Crippen LogP contribution >= 0.6 is 0 Å². The average molecular weight is 352 g/mol. The zero-order chi connectivity index (χ0) is 18.7.